The van der Waals surface area contributed by atoms with E-state index in [-0.39, 0.29) is 3.61 Å². The molecule has 1 nitrogen and oxygen atoms in total. The van der Waals surface area contributed by atoms with E-state index in [1.807, 2.05) is 17.8 Å². The Morgan fingerprint density at radius 3 is 2.69 bits per heavy atom. The molecule has 0 N–H and O–H groups in total. The first-order chi connectivity index (χ1) is 6.31. The molecule has 1 aromatic carbocycles. The molecule has 0 aromatic heterocycles. The second kappa shape index (κ2) is 4.19. The van der Waals surface area contributed by atoms with Crippen molar-refractivity contribution in [3.8, 4) is 0 Å². The maximum Gasteiger partial charge on any atom is 0.153 e. The van der Waals surface area contributed by atoms with Gasteiger partial charge in [0, 0.05) is 11.5 Å². The molecule has 0 saturated carbocycles. The van der Waals surface area contributed by atoms with E-state index in [9.17, 15) is 0 Å². The van der Waals surface area contributed by atoms with Gasteiger partial charge in [0.05, 0.1) is 6.61 Å². The van der Waals surface area contributed by atoms with Gasteiger partial charge in [-0.15, -0.1) is 0 Å². The molecule has 0 aliphatic carbocycles. The first kappa shape index (κ1) is 9.80. The van der Waals surface area contributed by atoms with Crippen molar-refractivity contribution in [1.82, 2.24) is 0 Å². The zero-order valence-corrected chi connectivity index (χ0v) is 10.2. The van der Waals surface area contributed by atoms with Gasteiger partial charge in [-0.3, -0.25) is 0 Å². The Hall–Kier alpha value is 0.260. The quantitative estimate of drug-likeness (QED) is 0.582. The molecule has 1 aromatic rings. The lowest BCUT2D eigenvalue weighted by Gasteiger charge is -2.31. The predicted octanol–water partition coefficient (Wildman–Crippen LogP) is 3.04. The summed E-state index contributed by atoms with van der Waals surface area (Å²) in [6.45, 7) is 0.864. The van der Waals surface area contributed by atoms with Crippen molar-refractivity contribution in [3.63, 3.8) is 0 Å². The fourth-order valence-electron chi connectivity index (χ4n) is 1.36. The minimum Gasteiger partial charge on any atom is -0.358 e. The summed E-state index contributed by atoms with van der Waals surface area (Å²) >= 11 is 4.38. The van der Waals surface area contributed by atoms with E-state index in [1.165, 1.54) is 5.56 Å². The fraction of sp³-hybridized carbons (Fsp3) is 0.400. The molecule has 1 aliphatic heterocycles. The second-order valence-electron chi connectivity index (χ2n) is 3.00. The number of thioether (sulfide) groups is 1. The van der Waals surface area contributed by atoms with Crippen LogP contribution in [0.3, 0.4) is 0 Å². The van der Waals surface area contributed by atoms with Crippen molar-refractivity contribution >= 4 is 34.4 Å². The molecular weight excluding hydrogens is 295 g/mol. The van der Waals surface area contributed by atoms with E-state index in [0.29, 0.717) is 0 Å². The van der Waals surface area contributed by atoms with Crippen molar-refractivity contribution in [2.75, 3.05) is 18.1 Å². The molecule has 1 heterocycles. The van der Waals surface area contributed by atoms with Crippen molar-refractivity contribution in [3.05, 3.63) is 35.9 Å². The van der Waals surface area contributed by atoms with Gasteiger partial charge in [0.25, 0.3) is 0 Å². The van der Waals surface area contributed by atoms with Crippen LogP contribution in [0.4, 0.5) is 0 Å². The molecular formula is C10H11IOS. The van der Waals surface area contributed by atoms with Crippen LogP contribution in [-0.2, 0) is 8.34 Å². The third-order valence-corrected chi connectivity index (χ3v) is 4.95. The molecule has 1 aliphatic rings. The van der Waals surface area contributed by atoms with Gasteiger partial charge in [-0.05, 0) is 28.2 Å². The smallest absolute Gasteiger partial charge is 0.153 e. The van der Waals surface area contributed by atoms with Crippen LogP contribution in [-0.4, -0.2) is 18.1 Å². The zero-order chi connectivity index (χ0) is 9.15. The standard InChI is InChI=1S/C10H11IOS/c11-10(8-13-7-6-12-10)9-4-2-1-3-5-9/h1-5H,6-8H2. The van der Waals surface area contributed by atoms with Crippen molar-refractivity contribution in [1.29, 1.82) is 0 Å². The maximum atomic E-state index is 5.82. The minimum atomic E-state index is -0.0953. The average molecular weight is 306 g/mol. The van der Waals surface area contributed by atoms with Gasteiger partial charge >= 0.3 is 0 Å². The number of benzene rings is 1. The van der Waals surface area contributed by atoms with E-state index in [0.717, 1.165) is 18.1 Å². The Balaban J connectivity index is 2.23. The highest BCUT2D eigenvalue weighted by Crippen LogP contribution is 2.39. The summed E-state index contributed by atoms with van der Waals surface area (Å²) in [5.74, 6) is 2.18. The number of hydrogen-bond donors (Lipinski definition) is 0. The monoisotopic (exact) mass is 306 g/mol. The molecule has 0 spiro atoms. The van der Waals surface area contributed by atoms with Gasteiger partial charge in [-0.2, -0.15) is 11.8 Å². The number of ether oxygens (including phenoxy) is 1. The largest absolute Gasteiger partial charge is 0.358 e. The van der Waals surface area contributed by atoms with Crippen LogP contribution in [0.5, 0.6) is 0 Å². The summed E-state index contributed by atoms with van der Waals surface area (Å²) in [4.78, 5) is 0. The third-order valence-electron chi connectivity index (χ3n) is 2.05. The van der Waals surface area contributed by atoms with Gasteiger partial charge < -0.3 is 4.74 Å². The summed E-state index contributed by atoms with van der Waals surface area (Å²) in [6.07, 6.45) is 0. The lowest BCUT2D eigenvalue weighted by molar-refractivity contribution is 0.0603. The second-order valence-corrected chi connectivity index (χ2v) is 5.84. The Labute approximate surface area is 96.4 Å². The highest BCUT2D eigenvalue weighted by atomic mass is 127. The first-order valence-electron chi connectivity index (χ1n) is 4.27. The molecule has 1 saturated heterocycles. The topological polar surface area (TPSA) is 9.23 Å². The van der Waals surface area contributed by atoms with Crippen molar-refractivity contribution in [2.24, 2.45) is 0 Å². The Kier molecular flexibility index (Phi) is 3.16. The van der Waals surface area contributed by atoms with Crippen LogP contribution in [0.2, 0.25) is 0 Å². The van der Waals surface area contributed by atoms with E-state index in [2.05, 4.69) is 46.9 Å². The first-order valence-corrected chi connectivity index (χ1v) is 6.51. The molecule has 2 rings (SSSR count). The average Bonchev–Trinajstić information content (AvgIpc) is 2.20. The summed E-state index contributed by atoms with van der Waals surface area (Å²) in [5, 5.41) is 0. The Morgan fingerprint density at radius 2 is 2.08 bits per heavy atom. The Bertz CT molecular complexity index is 270. The highest BCUT2D eigenvalue weighted by Gasteiger charge is 2.31. The molecule has 3 heteroatoms. The van der Waals surface area contributed by atoms with Gasteiger partial charge in [0.15, 0.2) is 3.61 Å². The van der Waals surface area contributed by atoms with Crippen molar-refractivity contribution < 1.29 is 4.74 Å². The normalized spacial score (nSPS) is 28.7. The Morgan fingerprint density at radius 1 is 1.31 bits per heavy atom. The SMILES string of the molecule is IC1(c2ccccc2)CSCCO1. The zero-order valence-electron chi connectivity index (χ0n) is 7.20. The van der Waals surface area contributed by atoms with Crippen LogP contribution in [0, 0.1) is 0 Å². The molecule has 0 bridgehead atoms. The van der Waals surface area contributed by atoms with Crippen LogP contribution in [0.15, 0.2) is 30.3 Å². The molecule has 13 heavy (non-hydrogen) atoms. The van der Waals surface area contributed by atoms with Gasteiger partial charge in [-0.1, -0.05) is 30.3 Å². The number of alkyl halides is 1. The lowest BCUT2D eigenvalue weighted by atomic mass is 10.1. The van der Waals surface area contributed by atoms with Crippen LogP contribution < -0.4 is 0 Å². The molecule has 0 radical (unpaired) electrons. The molecule has 1 unspecified atom stereocenters. The van der Waals surface area contributed by atoms with Crippen LogP contribution in [0.1, 0.15) is 5.56 Å². The highest BCUT2D eigenvalue weighted by molar-refractivity contribution is 14.1. The van der Waals surface area contributed by atoms with Gasteiger partial charge in [-0.25, -0.2) is 0 Å². The molecule has 0 amide bonds. The van der Waals surface area contributed by atoms with E-state index < -0.39 is 0 Å². The number of hydrogen-bond acceptors (Lipinski definition) is 2. The number of rotatable bonds is 1. The van der Waals surface area contributed by atoms with Crippen LogP contribution in [0.25, 0.3) is 0 Å². The fourth-order valence-corrected chi connectivity index (χ4v) is 3.46. The summed E-state index contributed by atoms with van der Waals surface area (Å²) in [6, 6.07) is 10.5. The minimum absolute atomic E-state index is 0.0953. The summed E-state index contributed by atoms with van der Waals surface area (Å²) < 4.78 is 5.72. The third kappa shape index (κ3) is 2.19. The van der Waals surface area contributed by atoms with E-state index in [4.69, 9.17) is 4.74 Å². The summed E-state index contributed by atoms with van der Waals surface area (Å²) in [5.41, 5.74) is 1.28. The number of halogens is 1. The van der Waals surface area contributed by atoms with Gasteiger partial charge in [0.1, 0.15) is 0 Å². The molecule has 70 valence electrons. The lowest BCUT2D eigenvalue weighted by Crippen LogP contribution is -2.30. The molecule has 1 atom stereocenters. The van der Waals surface area contributed by atoms with Crippen molar-refractivity contribution in [2.45, 2.75) is 3.61 Å². The predicted molar refractivity (Wildman–Crippen MR) is 65.4 cm³/mol. The molecule has 1 fully saturated rings. The van der Waals surface area contributed by atoms with E-state index in [1.54, 1.807) is 0 Å². The van der Waals surface area contributed by atoms with Crippen LogP contribution >= 0.6 is 34.4 Å². The van der Waals surface area contributed by atoms with E-state index >= 15 is 0 Å². The van der Waals surface area contributed by atoms with Gasteiger partial charge in [0.2, 0.25) is 0 Å². The maximum absolute atomic E-state index is 5.82. The summed E-state index contributed by atoms with van der Waals surface area (Å²) in [7, 11) is 0.